The van der Waals surface area contributed by atoms with Gasteiger partial charge in [0.05, 0.1) is 90.0 Å². The van der Waals surface area contributed by atoms with Crippen molar-refractivity contribution < 1.29 is 86.3 Å². The molecule has 5 aliphatic carbocycles. The zero-order valence-electron chi connectivity index (χ0n) is 85.0. The lowest BCUT2D eigenvalue weighted by molar-refractivity contribution is -0.138. The first-order chi connectivity index (χ1) is 69.5. The second-order valence-electron chi connectivity index (χ2n) is 40.2. The number of alkyl halides is 9. The number of hydrogen-bond donors (Lipinski definition) is 10. The Labute approximate surface area is 861 Å². The molecule has 0 amide bonds. The molecule has 0 spiro atoms. The summed E-state index contributed by atoms with van der Waals surface area (Å²) in [5, 5.41) is 36.9. The molecule has 808 valence electrons. The molecule has 1 aliphatic heterocycles. The first kappa shape index (κ1) is 117. The lowest BCUT2D eigenvalue weighted by atomic mass is 9.86. The van der Waals surface area contributed by atoms with Gasteiger partial charge in [0.1, 0.15) is 12.1 Å². The zero-order valence-corrected chi connectivity index (χ0v) is 89.1. The molecular weight excluding hydrogens is 2010 g/mol. The van der Waals surface area contributed by atoms with E-state index in [9.17, 15) is 92.1 Å². The molecule has 147 heavy (non-hydrogen) atoms. The second-order valence-corrected chi connectivity index (χ2v) is 51.6. The maximum absolute atomic E-state index is 13.7. The summed E-state index contributed by atoms with van der Waals surface area (Å²) in [7, 11) is -16.3. The van der Waals surface area contributed by atoms with Crippen molar-refractivity contribution in [3.8, 4) is 34.9 Å². The fourth-order valence-corrected chi connectivity index (χ4v) is 23.4. The summed E-state index contributed by atoms with van der Waals surface area (Å²) in [6.07, 6.45) is 17.2. The lowest BCUT2D eigenvalue weighted by Gasteiger charge is -2.32. The number of morpholine rings is 1. The molecular formula is C104H143F9N18O11S5. The van der Waals surface area contributed by atoms with Crippen molar-refractivity contribution >= 4 is 84.2 Å². The van der Waals surface area contributed by atoms with Crippen molar-refractivity contribution in [1.29, 1.82) is 10.5 Å². The van der Waals surface area contributed by atoms with E-state index in [1.807, 2.05) is 94.6 Å². The third kappa shape index (κ3) is 35.2. The Hall–Kier alpha value is -10.2. The number of nitrogens with zero attached hydrogens (tertiary/aromatic N) is 8. The van der Waals surface area contributed by atoms with Crippen molar-refractivity contribution in [2.45, 2.75) is 273 Å². The van der Waals surface area contributed by atoms with Crippen molar-refractivity contribution in [2.24, 2.45) is 29.6 Å². The molecule has 1 saturated heterocycles. The minimum absolute atomic E-state index is 0.0176. The summed E-state index contributed by atoms with van der Waals surface area (Å²) < 4.78 is 268. The highest BCUT2D eigenvalue weighted by Gasteiger charge is 2.40. The van der Waals surface area contributed by atoms with Crippen LogP contribution in [-0.4, -0.2) is 181 Å². The number of halogens is 9. The Bertz CT molecular complexity index is 6160. The second kappa shape index (κ2) is 53.0. The summed E-state index contributed by atoms with van der Waals surface area (Å²) in [6, 6.07) is 41.6. The SMILES string of the molecule is CC(C)S(=O)(=O)NC1CCC(CNc2ccc(-n3cccc3)c(C#N)c2)CC1.CC(C)S(=O)(=O)NC1CCC(CNc2ccc(-n3cccc3)c(C(F)(F)F)c2)CC1.CC(C)S(=O)(=O)NC1CCC(CNc2ccc(-n3cccn3)c(C(F)(F)F)c2)CC1.CC(C)S(=O)(=O)NC1CCC(CNc2ccc(C#N)c(-n3cccc3)c2)CC1.CC(C)S(=O)(=O)NC1CCC(CNc2ccc(N3CCOCC3)c(C(F)(F)F)c2)CC1. The van der Waals surface area contributed by atoms with Crippen LogP contribution in [0.1, 0.15) is 225 Å². The number of nitrogens with one attached hydrogen (secondary N) is 10. The van der Waals surface area contributed by atoms with Gasteiger partial charge >= 0.3 is 18.5 Å². The Morgan fingerprint density at radius 2 is 0.578 bits per heavy atom. The maximum atomic E-state index is 13.7. The maximum Gasteiger partial charge on any atom is 0.418 e. The van der Waals surface area contributed by atoms with Crippen LogP contribution in [0.15, 0.2) is 183 Å². The Balaban J connectivity index is 0.000000175. The molecule has 6 aliphatic rings. The van der Waals surface area contributed by atoms with Crippen LogP contribution in [0.4, 0.5) is 73.6 Å². The van der Waals surface area contributed by atoms with Crippen LogP contribution >= 0.6 is 0 Å². The first-order valence-electron chi connectivity index (χ1n) is 50.7. The molecule has 5 saturated carbocycles. The molecule has 43 heteroatoms. The topological polar surface area (TPSA) is 384 Å². The minimum atomic E-state index is -4.50. The number of sulfonamides is 5. The molecule has 29 nitrogen and oxygen atoms in total. The van der Waals surface area contributed by atoms with Crippen LogP contribution in [0.2, 0.25) is 0 Å². The summed E-state index contributed by atoms with van der Waals surface area (Å²) in [4.78, 5) is 1.72. The van der Waals surface area contributed by atoms with E-state index in [1.165, 1.54) is 45.9 Å². The van der Waals surface area contributed by atoms with E-state index >= 15 is 0 Å². The van der Waals surface area contributed by atoms with Gasteiger partial charge in [-0.2, -0.15) is 55.1 Å². The highest BCUT2D eigenvalue weighted by Crippen LogP contribution is 2.42. The number of aromatic nitrogens is 5. The Morgan fingerprint density at radius 1 is 0.320 bits per heavy atom. The number of rotatable bonds is 35. The highest BCUT2D eigenvalue weighted by molar-refractivity contribution is 7.91. The van der Waals surface area contributed by atoms with Crippen molar-refractivity contribution in [2.75, 3.05) is 90.5 Å². The quantitative estimate of drug-likeness (QED) is 0.0165. The molecule has 5 aromatic carbocycles. The van der Waals surface area contributed by atoms with Crippen molar-refractivity contribution in [1.82, 2.24) is 47.1 Å². The molecule has 0 bridgehead atoms. The number of hydrogen-bond acceptors (Lipinski definition) is 20. The van der Waals surface area contributed by atoms with E-state index in [1.54, 1.807) is 123 Å². The van der Waals surface area contributed by atoms with Gasteiger partial charge in [-0.05, 0) is 361 Å². The van der Waals surface area contributed by atoms with Crippen LogP contribution in [0.25, 0.3) is 22.7 Å². The van der Waals surface area contributed by atoms with Gasteiger partial charge in [0.15, 0.2) is 0 Å². The molecule has 5 heterocycles. The van der Waals surface area contributed by atoms with Gasteiger partial charge in [-0.3, -0.25) is 0 Å². The van der Waals surface area contributed by atoms with E-state index in [4.69, 9.17) is 4.74 Å². The number of anilines is 6. The molecule has 15 rings (SSSR count). The number of ether oxygens (including phenoxy) is 1. The lowest BCUT2D eigenvalue weighted by Crippen LogP contribution is -2.41. The van der Waals surface area contributed by atoms with Gasteiger partial charge in [0.25, 0.3) is 0 Å². The fraction of sp³-hybridized carbons (Fsp3) is 0.548. The monoisotopic (exact) mass is 2150 g/mol. The molecule has 4 aromatic heterocycles. The molecule has 0 atom stereocenters. The smallest absolute Gasteiger partial charge is 0.385 e. The number of nitriles is 2. The standard InChI is InChI=1S/C21H32F3N3O3S.C21H28F3N3O2S.2C21H28N4O2S.C20H27F3N4O2S/c1-15(2)31(28,29)26-17-5-3-16(4-6-17)14-25-18-7-8-20(19(13-18)21(22,23)24)27-9-11-30-12-10-27;1-15(2)30(28,29)26-17-7-5-16(6-8-17)14-25-18-9-10-20(27-11-3-4-12-27)19(13-18)21(22,23)24;1-16(2)28(26,27)24-19-8-5-17(6-9-19)15-23-20-10-7-18(14-22)21(13-20)25-11-3-4-12-25;1-16(2)28(26,27)24-19-7-5-17(6-8-19)15-23-20-9-10-21(18(13-20)14-22)25-11-3-4-12-25;1-14(2)30(28,29)26-16-6-4-15(5-7-16)13-24-17-8-9-19(27-11-3-10-25-27)18(12-17)20(21,22)23/h7-8,13,15-17,25-26H,3-6,9-12,14H2,1-2H3;3-4,9-13,15-17,25-26H,5-8,14H2,1-2H3;3-4,7,10-13,16-17,19,23-24H,5-6,8-9,15H2,1-2H3;3-4,9-13,16-17,19,23-24H,5-8,15H2,1-2H3;3,8-12,14-16,24,26H,4-7,13H2,1-2H3. The summed E-state index contributed by atoms with van der Waals surface area (Å²) in [5.74, 6) is 1.90. The zero-order chi connectivity index (χ0) is 107. The van der Waals surface area contributed by atoms with Crippen molar-refractivity contribution in [3.05, 3.63) is 211 Å². The third-order valence-corrected chi connectivity index (χ3v) is 37.4. The van der Waals surface area contributed by atoms with Crippen molar-refractivity contribution in [3.63, 3.8) is 0 Å². The van der Waals surface area contributed by atoms with Gasteiger partial charge in [0.2, 0.25) is 50.1 Å². The first-order valence-corrected chi connectivity index (χ1v) is 58.4. The van der Waals surface area contributed by atoms with Crippen LogP contribution in [0.5, 0.6) is 0 Å². The van der Waals surface area contributed by atoms with Gasteiger partial charge in [-0.25, -0.2) is 70.4 Å². The van der Waals surface area contributed by atoms with Crippen LogP contribution in [0.3, 0.4) is 0 Å². The minimum Gasteiger partial charge on any atom is -0.385 e. The molecule has 9 aromatic rings. The summed E-state index contributed by atoms with van der Waals surface area (Å²) in [5.41, 5.74) is 4.43. The highest BCUT2D eigenvalue weighted by atomic mass is 32.2. The normalized spacial score (nSPS) is 20.9. The fourth-order valence-electron chi connectivity index (χ4n) is 18.5. The molecule has 0 unspecified atom stereocenters. The van der Waals surface area contributed by atoms with E-state index in [-0.39, 0.29) is 53.2 Å². The van der Waals surface area contributed by atoms with Gasteiger partial charge < -0.3 is 49.9 Å². The van der Waals surface area contributed by atoms with E-state index in [2.05, 4.69) is 67.4 Å². The predicted octanol–water partition coefficient (Wildman–Crippen LogP) is 20.1. The van der Waals surface area contributed by atoms with E-state index in [0.29, 0.717) is 97.8 Å². The summed E-state index contributed by atoms with van der Waals surface area (Å²) >= 11 is 0. The summed E-state index contributed by atoms with van der Waals surface area (Å²) in [6.45, 7) is 21.8. The van der Waals surface area contributed by atoms with Crippen LogP contribution in [0, 0.1) is 52.3 Å². The van der Waals surface area contributed by atoms with E-state index < -0.39 is 112 Å². The Morgan fingerprint density at radius 3 is 0.871 bits per heavy atom. The van der Waals surface area contributed by atoms with Crippen LogP contribution in [-0.2, 0) is 73.4 Å². The van der Waals surface area contributed by atoms with Crippen LogP contribution < -0.4 is 55.1 Å². The van der Waals surface area contributed by atoms with Gasteiger partial charge in [-0.1, -0.05) is 0 Å². The predicted molar refractivity (Wildman–Crippen MR) is 562 cm³/mol. The number of benzene rings is 5. The van der Waals surface area contributed by atoms with Gasteiger partial charge in [0, 0.05) is 160 Å². The molecule has 6 fully saturated rings. The van der Waals surface area contributed by atoms with Gasteiger partial charge in [-0.15, -0.1) is 0 Å². The average Bonchev–Trinajstić information content (AvgIpc) is 1.51. The third-order valence-electron chi connectivity index (χ3n) is 27.9. The Kier molecular flexibility index (Phi) is 42.2. The molecule has 10 N–H and O–H groups in total. The average molecular weight is 2150 g/mol. The molecule has 0 radical (unpaired) electrons. The largest absolute Gasteiger partial charge is 0.418 e. The van der Waals surface area contributed by atoms with E-state index in [0.717, 1.165) is 176 Å².